The molecule has 5 rings (SSSR count). The summed E-state index contributed by atoms with van der Waals surface area (Å²) in [7, 11) is 0. The number of hydrogen-bond acceptors (Lipinski definition) is 5. The van der Waals surface area contributed by atoms with Gasteiger partial charge in [0, 0.05) is 37.4 Å². The molecule has 0 radical (unpaired) electrons. The molecule has 2 aromatic rings. The number of piperidine rings is 1. The molecule has 1 atom stereocenters. The number of anilines is 2. The van der Waals surface area contributed by atoms with Crippen LogP contribution in [0.15, 0.2) is 42.7 Å². The molecule has 0 aliphatic carbocycles. The van der Waals surface area contributed by atoms with E-state index in [4.69, 9.17) is 4.74 Å². The number of likely N-dealkylation sites (tertiary alicyclic amines) is 1. The van der Waals surface area contributed by atoms with Crippen LogP contribution in [0.3, 0.4) is 0 Å². The molecule has 1 amide bonds. The van der Waals surface area contributed by atoms with Gasteiger partial charge < -0.3 is 9.64 Å². The Morgan fingerprint density at radius 3 is 2.64 bits per heavy atom. The van der Waals surface area contributed by atoms with Gasteiger partial charge in [0.15, 0.2) is 0 Å². The van der Waals surface area contributed by atoms with Gasteiger partial charge in [-0.3, -0.25) is 4.79 Å². The summed E-state index contributed by atoms with van der Waals surface area (Å²) in [4.78, 5) is 26.1. The SMILES string of the molecule is O=C1CC2(CCN(CC3CCCO3)CC2)c2ccccc2N1c1ncccn1. The highest BCUT2D eigenvalue weighted by molar-refractivity contribution is 6.02. The van der Waals surface area contributed by atoms with E-state index in [1.165, 1.54) is 18.4 Å². The van der Waals surface area contributed by atoms with Crippen molar-refractivity contribution in [1.82, 2.24) is 14.9 Å². The number of benzene rings is 1. The van der Waals surface area contributed by atoms with E-state index in [9.17, 15) is 4.79 Å². The highest BCUT2D eigenvalue weighted by atomic mass is 16.5. The Bertz CT molecular complexity index is 843. The highest BCUT2D eigenvalue weighted by Gasteiger charge is 2.46. The van der Waals surface area contributed by atoms with Crippen LogP contribution in [0.4, 0.5) is 11.6 Å². The van der Waals surface area contributed by atoms with Gasteiger partial charge in [-0.25, -0.2) is 14.9 Å². The smallest absolute Gasteiger partial charge is 0.236 e. The van der Waals surface area contributed by atoms with Crippen LogP contribution in [0.2, 0.25) is 0 Å². The van der Waals surface area contributed by atoms with Crippen molar-refractivity contribution < 1.29 is 9.53 Å². The van der Waals surface area contributed by atoms with E-state index < -0.39 is 0 Å². The monoisotopic (exact) mass is 378 g/mol. The zero-order chi connectivity index (χ0) is 19.0. The summed E-state index contributed by atoms with van der Waals surface area (Å²) in [6.07, 6.45) is 8.66. The number of hydrogen-bond donors (Lipinski definition) is 0. The number of nitrogens with zero attached hydrogens (tertiary/aromatic N) is 4. The quantitative estimate of drug-likeness (QED) is 0.822. The minimum atomic E-state index is -0.0774. The number of rotatable bonds is 3. The van der Waals surface area contributed by atoms with Crippen molar-refractivity contribution in [1.29, 1.82) is 0 Å². The second-order valence-corrected chi connectivity index (χ2v) is 8.19. The Morgan fingerprint density at radius 2 is 1.89 bits per heavy atom. The molecule has 0 N–H and O–H groups in total. The average molecular weight is 378 g/mol. The summed E-state index contributed by atoms with van der Waals surface area (Å²) in [6.45, 7) is 3.96. The molecule has 2 fully saturated rings. The van der Waals surface area contributed by atoms with Crippen molar-refractivity contribution in [3.8, 4) is 0 Å². The van der Waals surface area contributed by atoms with Crippen LogP contribution in [0.25, 0.3) is 0 Å². The Balaban J connectivity index is 1.41. The molecule has 4 heterocycles. The predicted molar refractivity (Wildman–Crippen MR) is 107 cm³/mol. The second kappa shape index (κ2) is 7.26. The Hall–Kier alpha value is -2.31. The number of carbonyl (C=O) groups excluding carboxylic acids is 1. The largest absolute Gasteiger partial charge is 0.377 e. The van der Waals surface area contributed by atoms with Crippen LogP contribution in [0, 0.1) is 0 Å². The molecule has 146 valence electrons. The fraction of sp³-hybridized carbons (Fsp3) is 0.500. The molecule has 0 saturated carbocycles. The molecule has 6 heteroatoms. The summed E-state index contributed by atoms with van der Waals surface area (Å²) in [5, 5.41) is 0. The van der Waals surface area contributed by atoms with Crippen LogP contribution in [-0.2, 0) is 14.9 Å². The molecule has 1 aromatic carbocycles. The maximum absolute atomic E-state index is 13.2. The molecular formula is C22H26N4O2. The van der Waals surface area contributed by atoms with E-state index in [1.807, 2.05) is 12.1 Å². The standard InChI is InChI=1S/C22H26N4O2/c27-20-15-22(8-12-25(13-9-22)16-17-5-3-14-28-17)18-6-1-2-7-19(18)26(20)21-23-10-4-11-24-21/h1-2,4,6-7,10-11,17H,3,5,8-9,12-16H2. The van der Waals surface area contributed by atoms with Crippen molar-refractivity contribution in [2.75, 3.05) is 31.1 Å². The summed E-state index contributed by atoms with van der Waals surface area (Å²) < 4.78 is 5.81. The van der Waals surface area contributed by atoms with Crippen LogP contribution in [0.5, 0.6) is 0 Å². The van der Waals surface area contributed by atoms with Gasteiger partial charge in [-0.2, -0.15) is 0 Å². The molecule has 28 heavy (non-hydrogen) atoms. The van der Waals surface area contributed by atoms with Gasteiger partial charge in [0.2, 0.25) is 11.9 Å². The Kier molecular flexibility index (Phi) is 4.61. The van der Waals surface area contributed by atoms with E-state index in [0.717, 1.165) is 44.8 Å². The number of ether oxygens (including phenoxy) is 1. The first-order valence-corrected chi connectivity index (χ1v) is 10.3. The van der Waals surface area contributed by atoms with Gasteiger partial charge in [0.1, 0.15) is 0 Å². The summed E-state index contributed by atoms with van der Waals surface area (Å²) in [6, 6.07) is 10.1. The van der Waals surface area contributed by atoms with Gasteiger partial charge >= 0.3 is 0 Å². The molecule has 3 aliphatic heterocycles. The van der Waals surface area contributed by atoms with Crippen LogP contribution in [-0.4, -0.2) is 53.1 Å². The van der Waals surface area contributed by atoms with E-state index in [2.05, 4.69) is 27.0 Å². The Labute approximate surface area is 165 Å². The number of fused-ring (bicyclic) bond motifs is 2. The van der Waals surface area contributed by atoms with Gasteiger partial charge in [0.05, 0.1) is 11.8 Å². The van der Waals surface area contributed by atoms with Gasteiger partial charge in [0.25, 0.3) is 0 Å². The lowest BCUT2D eigenvalue weighted by Crippen LogP contribution is -2.50. The summed E-state index contributed by atoms with van der Waals surface area (Å²) in [5.41, 5.74) is 2.13. The third-order valence-electron chi connectivity index (χ3n) is 6.51. The molecule has 1 spiro atoms. The zero-order valence-corrected chi connectivity index (χ0v) is 16.1. The normalized spacial score (nSPS) is 24.5. The lowest BCUT2D eigenvalue weighted by Gasteiger charge is -2.47. The maximum Gasteiger partial charge on any atom is 0.236 e. The molecule has 3 aliphatic rings. The van der Waals surface area contributed by atoms with Crippen LogP contribution in [0.1, 0.15) is 37.7 Å². The number of amides is 1. The molecule has 6 nitrogen and oxygen atoms in total. The van der Waals surface area contributed by atoms with E-state index in [1.54, 1.807) is 23.4 Å². The van der Waals surface area contributed by atoms with Crippen molar-refractivity contribution in [2.24, 2.45) is 0 Å². The summed E-state index contributed by atoms with van der Waals surface area (Å²) >= 11 is 0. The van der Waals surface area contributed by atoms with Crippen molar-refractivity contribution in [3.05, 3.63) is 48.3 Å². The fourth-order valence-corrected chi connectivity index (χ4v) is 5.03. The first-order chi connectivity index (χ1) is 13.8. The maximum atomic E-state index is 13.2. The Morgan fingerprint density at radius 1 is 1.11 bits per heavy atom. The molecule has 2 saturated heterocycles. The number of aromatic nitrogens is 2. The van der Waals surface area contributed by atoms with Crippen molar-refractivity contribution >= 4 is 17.5 Å². The molecule has 1 unspecified atom stereocenters. The van der Waals surface area contributed by atoms with Gasteiger partial charge in [-0.1, -0.05) is 18.2 Å². The first kappa shape index (κ1) is 17.8. The highest BCUT2D eigenvalue weighted by Crippen LogP contribution is 2.48. The van der Waals surface area contributed by atoms with Crippen LogP contribution >= 0.6 is 0 Å². The number of carbonyl (C=O) groups is 1. The second-order valence-electron chi connectivity index (χ2n) is 8.19. The van der Waals surface area contributed by atoms with E-state index in [0.29, 0.717) is 18.5 Å². The van der Waals surface area contributed by atoms with Crippen LogP contribution < -0.4 is 4.90 Å². The van der Waals surface area contributed by atoms with Gasteiger partial charge in [-0.15, -0.1) is 0 Å². The van der Waals surface area contributed by atoms with Crippen molar-refractivity contribution in [3.63, 3.8) is 0 Å². The topological polar surface area (TPSA) is 58.6 Å². The third-order valence-corrected chi connectivity index (χ3v) is 6.51. The molecule has 0 bridgehead atoms. The third kappa shape index (κ3) is 3.10. The lowest BCUT2D eigenvalue weighted by atomic mass is 9.67. The molecular weight excluding hydrogens is 352 g/mol. The van der Waals surface area contributed by atoms with E-state index >= 15 is 0 Å². The van der Waals surface area contributed by atoms with Gasteiger partial charge in [-0.05, 0) is 56.5 Å². The number of para-hydroxylation sites is 1. The van der Waals surface area contributed by atoms with E-state index in [-0.39, 0.29) is 11.3 Å². The fourth-order valence-electron chi connectivity index (χ4n) is 5.03. The summed E-state index contributed by atoms with van der Waals surface area (Å²) in [5.74, 6) is 0.558. The first-order valence-electron chi connectivity index (χ1n) is 10.3. The van der Waals surface area contributed by atoms with Crippen molar-refractivity contribution in [2.45, 2.75) is 43.6 Å². The molecule has 1 aromatic heterocycles. The lowest BCUT2D eigenvalue weighted by molar-refractivity contribution is -0.120. The predicted octanol–water partition coefficient (Wildman–Crippen LogP) is 3.06. The average Bonchev–Trinajstić information content (AvgIpc) is 3.24. The minimum Gasteiger partial charge on any atom is -0.377 e. The zero-order valence-electron chi connectivity index (χ0n) is 16.1. The minimum absolute atomic E-state index is 0.0774.